The van der Waals surface area contributed by atoms with Crippen molar-refractivity contribution in [3.05, 3.63) is 60.2 Å². The molecule has 0 spiro atoms. The molecule has 40 heavy (non-hydrogen) atoms. The van der Waals surface area contributed by atoms with E-state index in [1.807, 2.05) is 75.4 Å². The Balaban J connectivity index is 2.16. The van der Waals surface area contributed by atoms with Gasteiger partial charge in [-0.05, 0) is 36.0 Å². The summed E-state index contributed by atoms with van der Waals surface area (Å²) in [6.07, 6.45) is 2.13. The first-order chi connectivity index (χ1) is 19.0. The van der Waals surface area contributed by atoms with E-state index in [0.29, 0.717) is 12.8 Å². The van der Waals surface area contributed by atoms with Gasteiger partial charge in [0.25, 0.3) is 0 Å². The highest BCUT2D eigenvalue weighted by Gasteiger charge is 2.28. The van der Waals surface area contributed by atoms with Crippen LogP contribution in [0.4, 0.5) is 0 Å². The summed E-state index contributed by atoms with van der Waals surface area (Å²) >= 11 is 0. The highest BCUT2D eigenvalue weighted by atomic mass is 16.5. The van der Waals surface area contributed by atoms with Gasteiger partial charge in [-0.2, -0.15) is 0 Å². The van der Waals surface area contributed by atoms with Crippen LogP contribution in [0, 0.1) is 5.92 Å². The van der Waals surface area contributed by atoms with Crippen LogP contribution in [0.15, 0.2) is 54.6 Å². The fourth-order valence-electron chi connectivity index (χ4n) is 4.11. The number of esters is 1. The van der Waals surface area contributed by atoms with E-state index in [1.165, 1.54) is 6.92 Å². The van der Waals surface area contributed by atoms with Gasteiger partial charge in [-0.25, -0.2) is 0 Å². The maximum atomic E-state index is 13.1. The van der Waals surface area contributed by atoms with Crippen LogP contribution < -0.4 is 16.4 Å². The van der Waals surface area contributed by atoms with Gasteiger partial charge in [-0.1, -0.05) is 94.6 Å². The van der Waals surface area contributed by atoms with Gasteiger partial charge in [0, 0.05) is 6.42 Å². The Kier molecular flexibility index (Phi) is 13.3. The summed E-state index contributed by atoms with van der Waals surface area (Å²) < 4.78 is 5.62. The minimum atomic E-state index is -1.19. The predicted molar refractivity (Wildman–Crippen MR) is 154 cm³/mol. The fraction of sp³-hybridized carbons (Fsp3) is 0.484. The molecule has 0 saturated carbocycles. The first kappa shape index (κ1) is 32.5. The van der Waals surface area contributed by atoms with Crippen molar-refractivity contribution in [1.29, 1.82) is 0 Å². The van der Waals surface area contributed by atoms with Crippen molar-refractivity contribution < 1.29 is 29.0 Å². The number of aliphatic carboxylic acids is 1. The maximum absolute atomic E-state index is 13.1. The molecule has 2 aromatic rings. The molecule has 2 rings (SSSR count). The number of ether oxygens (including phenoxy) is 1. The summed E-state index contributed by atoms with van der Waals surface area (Å²) in [5, 5.41) is 14.4. The first-order valence-corrected chi connectivity index (χ1v) is 14.0. The molecule has 0 heterocycles. The van der Waals surface area contributed by atoms with Crippen molar-refractivity contribution in [2.45, 2.75) is 90.4 Å². The number of rotatable bonds is 16. The standard InChI is InChI=1S/C31H43N3O6/c1-5-7-13-25(40-31(39)28(32)20(3)6-2)19-27(35)34-26(29(36)33-21(4)30(37)38)18-22-14-16-24(17-15-22)23-11-9-8-10-12-23/h8-12,14-17,20-21,25-26,28H,5-7,13,18-19,32H2,1-4H3,(H,33,36)(H,34,35)(H,37,38)/t20-,21-,25+,26-,28+/m0/s1. The molecule has 0 aliphatic carbocycles. The summed E-state index contributed by atoms with van der Waals surface area (Å²) in [4.78, 5) is 50.0. The monoisotopic (exact) mass is 553 g/mol. The summed E-state index contributed by atoms with van der Waals surface area (Å²) in [6.45, 7) is 7.16. The molecule has 0 radical (unpaired) electrons. The van der Waals surface area contributed by atoms with Crippen LogP contribution in [0.25, 0.3) is 11.1 Å². The van der Waals surface area contributed by atoms with E-state index in [0.717, 1.165) is 29.5 Å². The van der Waals surface area contributed by atoms with Gasteiger partial charge in [0.2, 0.25) is 11.8 Å². The first-order valence-electron chi connectivity index (χ1n) is 14.0. The molecule has 5 atom stereocenters. The minimum Gasteiger partial charge on any atom is -0.480 e. The van der Waals surface area contributed by atoms with Gasteiger partial charge in [0.05, 0.1) is 6.42 Å². The van der Waals surface area contributed by atoms with Gasteiger partial charge < -0.3 is 26.2 Å². The maximum Gasteiger partial charge on any atom is 0.325 e. The lowest BCUT2D eigenvalue weighted by atomic mass is 9.99. The van der Waals surface area contributed by atoms with Crippen LogP contribution in [0.5, 0.6) is 0 Å². The largest absolute Gasteiger partial charge is 0.480 e. The number of nitrogens with two attached hydrogens (primary N) is 1. The van der Waals surface area contributed by atoms with Gasteiger partial charge in [-0.15, -0.1) is 0 Å². The number of hydrogen-bond acceptors (Lipinski definition) is 6. The Labute approximate surface area is 236 Å². The third-order valence-corrected chi connectivity index (χ3v) is 6.99. The third kappa shape index (κ3) is 10.4. The fourth-order valence-corrected chi connectivity index (χ4v) is 4.11. The van der Waals surface area contributed by atoms with Gasteiger partial charge in [0.15, 0.2) is 0 Å². The molecule has 218 valence electrons. The van der Waals surface area contributed by atoms with Crippen LogP contribution in [0.2, 0.25) is 0 Å². The summed E-state index contributed by atoms with van der Waals surface area (Å²) in [5.41, 5.74) is 8.87. The van der Waals surface area contributed by atoms with Crippen molar-refractivity contribution in [1.82, 2.24) is 10.6 Å². The lowest BCUT2D eigenvalue weighted by molar-refractivity contribution is -0.153. The van der Waals surface area contributed by atoms with E-state index in [-0.39, 0.29) is 18.8 Å². The number of unbranched alkanes of at least 4 members (excludes halogenated alkanes) is 1. The van der Waals surface area contributed by atoms with Gasteiger partial charge in [0.1, 0.15) is 24.2 Å². The van der Waals surface area contributed by atoms with E-state index in [4.69, 9.17) is 10.5 Å². The molecule has 0 saturated heterocycles. The van der Waals surface area contributed by atoms with Crippen molar-refractivity contribution in [2.24, 2.45) is 11.7 Å². The van der Waals surface area contributed by atoms with Crippen LogP contribution in [0.3, 0.4) is 0 Å². The number of carboxylic acid groups (broad SMARTS) is 1. The van der Waals surface area contributed by atoms with Crippen molar-refractivity contribution in [3.63, 3.8) is 0 Å². The number of carbonyl (C=O) groups excluding carboxylic acids is 3. The Morgan fingerprint density at radius 3 is 2.12 bits per heavy atom. The van der Waals surface area contributed by atoms with Crippen LogP contribution in [0.1, 0.15) is 65.4 Å². The molecule has 0 bridgehead atoms. The zero-order valence-corrected chi connectivity index (χ0v) is 23.9. The average Bonchev–Trinajstić information content (AvgIpc) is 2.95. The van der Waals surface area contributed by atoms with Crippen molar-refractivity contribution in [2.75, 3.05) is 0 Å². The van der Waals surface area contributed by atoms with Crippen LogP contribution in [-0.2, 0) is 30.3 Å². The number of carboxylic acids is 1. The Hall–Kier alpha value is -3.72. The molecular weight excluding hydrogens is 510 g/mol. The average molecular weight is 554 g/mol. The second kappa shape index (κ2) is 16.4. The summed E-state index contributed by atoms with van der Waals surface area (Å²) in [7, 11) is 0. The molecule has 0 aliphatic rings. The predicted octanol–water partition coefficient (Wildman–Crippen LogP) is 3.84. The molecule has 9 heteroatoms. The van der Waals surface area contributed by atoms with E-state index in [2.05, 4.69) is 10.6 Å². The van der Waals surface area contributed by atoms with E-state index >= 15 is 0 Å². The van der Waals surface area contributed by atoms with E-state index in [1.54, 1.807) is 0 Å². The highest BCUT2D eigenvalue weighted by Crippen LogP contribution is 2.20. The Morgan fingerprint density at radius 1 is 0.925 bits per heavy atom. The second-order valence-electron chi connectivity index (χ2n) is 10.3. The zero-order valence-electron chi connectivity index (χ0n) is 23.9. The van der Waals surface area contributed by atoms with E-state index in [9.17, 15) is 24.3 Å². The van der Waals surface area contributed by atoms with Gasteiger partial charge >= 0.3 is 11.9 Å². The van der Waals surface area contributed by atoms with Crippen LogP contribution in [-0.4, -0.2) is 53.1 Å². The molecular formula is C31H43N3O6. The molecule has 0 aromatic heterocycles. The van der Waals surface area contributed by atoms with E-state index < -0.39 is 48.0 Å². The lowest BCUT2D eigenvalue weighted by Crippen LogP contribution is -2.52. The number of amides is 2. The summed E-state index contributed by atoms with van der Waals surface area (Å²) in [6, 6.07) is 14.5. The van der Waals surface area contributed by atoms with Crippen LogP contribution >= 0.6 is 0 Å². The number of hydrogen-bond donors (Lipinski definition) is 4. The lowest BCUT2D eigenvalue weighted by Gasteiger charge is -2.24. The molecule has 0 fully saturated rings. The Bertz CT molecular complexity index is 1110. The molecule has 0 unspecified atom stereocenters. The number of nitrogens with one attached hydrogen (secondary N) is 2. The Morgan fingerprint density at radius 2 is 1.55 bits per heavy atom. The van der Waals surface area contributed by atoms with Crippen molar-refractivity contribution >= 4 is 23.8 Å². The number of benzene rings is 2. The topological polar surface area (TPSA) is 148 Å². The van der Waals surface area contributed by atoms with Crippen molar-refractivity contribution in [3.8, 4) is 11.1 Å². The minimum absolute atomic E-state index is 0.0641. The zero-order chi connectivity index (χ0) is 29.7. The SMILES string of the molecule is CCCC[C@H](CC(=O)N[C@@H](Cc1ccc(-c2ccccc2)cc1)C(=O)N[C@@H](C)C(=O)O)OC(=O)[C@H](N)[C@@H](C)CC. The molecule has 0 aliphatic heterocycles. The molecule has 2 amide bonds. The number of carbonyl (C=O) groups is 4. The van der Waals surface area contributed by atoms with Gasteiger partial charge in [-0.3, -0.25) is 19.2 Å². The quantitative estimate of drug-likeness (QED) is 0.231. The molecule has 9 nitrogen and oxygen atoms in total. The third-order valence-electron chi connectivity index (χ3n) is 6.99. The molecule has 2 aromatic carbocycles. The summed E-state index contributed by atoms with van der Waals surface area (Å²) in [5.74, 6) is -2.89. The normalized spacial score (nSPS) is 14.7. The smallest absolute Gasteiger partial charge is 0.325 e. The molecule has 5 N–H and O–H groups in total. The highest BCUT2D eigenvalue weighted by molar-refractivity contribution is 5.90. The second-order valence-corrected chi connectivity index (χ2v) is 10.3.